The van der Waals surface area contributed by atoms with Crippen LogP contribution in [0.4, 0.5) is 0 Å². The van der Waals surface area contributed by atoms with Crippen LogP contribution in [0.25, 0.3) is 0 Å². The highest BCUT2D eigenvalue weighted by Crippen LogP contribution is 2.36. The van der Waals surface area contributed by atoms with Crippen LogP contribution in [0, 0.1) is 39.9 Å². The van der Waals surface area contributed by atoms with Crippen LogP contribution in [0.2, 0.25) is 0 Å². The molecule has 0 spiro atoms. The standard InChI is InChI=1S/C12H7N3O2/c13-4-9(5-14)10(6-15)8-1-2-11-12(3-8)17-7-16-11/h1-3,9-10H,7H2. The van der Waals surface area contributed by atoms with E-state index in [0.717, 1.165) is 0 Å². The van der Waals surface area contributed by atoms with Crippen LogP contribution >= 0.6 is 0 Å². The maximum atomic E-state index is 9.04. The minimum absolute atomic E-state index is 0.149. The highest BCUT2D eigenvalue weighted by Gasteiger charge is 2.25. The number of fused-ring (bicyclic) bond motifs is 1. The number of rotatable bonds is 2. The first-order valence-electron chi connectivity index (χ1n) is 4.88. The second-order valence-corrected chi connectivity index (χ2v) is 3.46. The molecule has 1 atom stereocenters. The smallest absolute Gasteiger partial charge is 0.231 e. The highest BCUT2D eigenvalue weighted by molar-refractivity contribution is 5.47. The van der Waals surface area contributed by atoms with Crippen LogP contribution in [0.1, 0.15) is 11.5 Å². The fourth-order valence-corrected chi connectivity index (χ4v) is 1.63. The lowest BCUT2D eigenvalue weighted by Gasteiger charge is -2.09. The quantitative estimate of drug-likeness (QED) is 0.763. The molecule has 2 rings (SSSR count). The van der Waals surface area contributed by atoms with E-state index in [0.29, 0.717) is 17.1 Å². The van der Waals surface area contributed by atoms with Gasteiger partial charge in [0.2, 0.25) is 6.79 Å². The van der Waals surface area contributed by atoms with Gasteiger partial charge in [-0.25, -0.2) is 0 Å². The molecule has 0 bridgehead atoms. The van der Waals surface area contributed by atoms with E-state index in [1.165, 1.54) is 0 Å². The van der Waals surface area contributed by atoms with Crippen molar-refractivity contribution in [3.63, 3.8) is 0 Å². The van der Waals surface area contributed by atoms with Gasteiger partial charge in [-0.1, -0.05) is 6.07 Å². The van der Waals surface area contributed by atoms with E-state index in [2.05, 4.69) is 0 Å². The molecule has 82 valence electrons. The van der Waals surface area contributed by atoms with Gasteiger partial charge in [-0.05, 0) is 17.7 Å². The van der Waals surface area contributed by atoms with Gasteiger partial charge in [0, 0.05) is 0 Å². The molecule has 0 saturated heterocycles. The molecule has 0 radical (unpaired) electrons. The normalized spacial score (nSPS) is 13.5. The first kappa shape index (κ1) is 10.8. The molecule has 17 heavy (non-hydrogen) atoms. The summed E-state index contributed by atoms with van der Waals surface area (Å²) in [5, 5.41) is 26.6. The van der Waals surface area contributed by atoms with Crippen LogP contribution in [0.3, 0.4) is 0 Å². The average Bonchev–Trinajstić information content (AvgIpc) is 2.82. The van der Waals surface area contributed by atoms with Crippen LogP contribution in [0.5, 0.6) is 11.5 Å². The summed E-state index contributed by atoms with van der Waals surface area (Å²) in [6, 6.07) is 10.6. The first-order valence-corrected chi connectivity index (χ1v) is 4.88. The Morgan fingerprint density at radius 2 is 1.71 bits per heavy atom. The Labute approximate surface area is 98.0 Å². The zero-order chi connectivity index (χ0) is 12.3. The van der Waals surface area contributed by atoms with Crippen molar-refractivity contribution >= 4 is 0 Å². The number of benzene rings is 1. The third kappa shape index (κ3) is 1.85. The van der Waals surface area contributed by atoms with Crippen molar-refractivity contribution in [2.75, 3.05) is 6.79 Å². The number of nitrogens with zero attached hydrogens (tertiary/aromatic N) is 3. The molecule has 5 nitrogen and oxygen atoms in total. The van der Waals surface area contributed by atoms with Crippen molar-refractivity contribution in [1.82, 2.24) is 0 Å². The van der Waals surface area contributed by atoms with E-state index in [9.17, 15) is 0 Å². The number of ether oxygens (including phenoxy) is 2. The van der Waals surface area contributed by atoms with Gasteiger partial charge in [0.1, 0.15) is 5.92 Å². The second kappa shape index (κ2) is 4.43. The molecule has 1 aliphatic heterocycles. The lowest BCUT2D eigenvalue weighted by molar-refractivity contribution is 0.174. The Hall–Kier alpha value is -2.71. The summed E-state index contributed by atoms with van der Waals surface area (Å²) in [5.41, 5.74) is 0.588. The van der Waals surface area contributed by atoms with Crippen LogP contribution in [-0.4, -0.2) is 6.79 Å². The Morgan fingerprint density at radius 3 is 2.35 bits per heavy atom. The lowest BCUT2D eigenvalue weighted by Crippen LogP contribution is -2.07. The van der Waals surface area contributed by atoms with Gasteiger partial charge in [0.15, 0.2) is 17.4 Å². The van der Waals surface area contributed by atoms with Gasteiger partial charge in [-0.3, -0.25) is 0 Å². The van der Waals surface area contributed by atoms with E-state index in [-0.39, 0.29) is 6.79 Å². The monoisotopic (exact) mass is 225 g/mol. The lowest BCUT2D eigenvalue weighted by atomic mass is 9.89. The maximum absolute atomic E-state index is 9.04. The fraction of sp³-hybridized carbons (Fsp3) is 0.250. The number of hydrogen-bond acceptors (Lipinski definition) is 5. The Balaban J connectivity index is 2.37. The molecule has 0 N–H and O–H groups in total. The predicted octanol–water partition coefficient (Wildman–Crippen LogP) is 1.69. The molecule has 1 unspecified atom stereocenters. The summed E-state index contributed by atoms with van der Waals surface area (Å²) in [6.45, 7) is 0.149. The van der Waals surface area contributed by atoms with Gasteiger partial charge in [0.25, 0.3) is 0 Å². The Bertz CT molecular complexity index is 549. The zero-order valence-electron chi connectivity index (χ0n) is 8.75. The second-order valence-electron chi connectivity index (χ2n) is 3.46. The third-order valence-corrected chi connectivity index (χ3v) is 2.51. The molecule has 1 aliphatic rings. The van der Waals surface area contributed by atoms with E-state index in [1.54, 1.807) is 18.2 Å². The molecular weight excluding hydrogens is 218 g/mol. The maximum Gasteiger partial charge on any atom is 0.231 e. The Morgan fingerprint density at radius 1 is 1.00 bits per heavy atom. The van der Waals surface area contributed by atoms with E-state index >= 15 is 0 Å². The summed E-state index contributed by atoms with van der Waals surface area (Å²) < 4.78 is 10.3. The highest BCUT2D eigenvalue weighted by atomic mass is 16.7. The molecule has 1 aromatic rings. The van der Waals surface area contributed by atoms with Crippen LogP contribution in [0.15, 0.2) is 18.2 Å². The van der Waals surface area contributed by atoms with Crippen molar-refractivity contribution in [2.24, 2.45) is 5.92 Å². The fourth-order valence-electron chi connectivity index (χ4n) is 1.63. The average molecular weight is 225 g/mol. The van der Waals surface area contributed by atoms with Gasteiger partial charge >= 0.3 is 0 Å². The molecule has 1 heterocycles. The summed E-state index contributed by atoms with van der Waals surface area (Å²) in [6.07, 6.45) is 0. The van der Waals surface area contributed by atoms with Crippen LogP contribution in [-0.2, 0) is 0 Å². The molecule has 0 amide bonds. The summed E-state index contributed by atoms with van der Waals surface area (Å²) in [5.74, 6) is -0.617. The number of hydrogen-bond donors (Lipinski definition) is 0. The molecule has 1 aromatic carbocycles. The SMILES string of the molecule is N#CC(C#N)C(C#N)c1ccc2c(c1)OCO2. The minimum atomic E-state index is -0.986. The summed E-state index contributed by atoms with van der Waals surface area (Å²) in [4.78, 5) is 0. The van der Waals surface area contributed by atoms with Gasteiger partial charge in [-0.2, -0.15) is 15.8 Å². The molecule has 0 saturated carbocycles. The molecule has 0 fully saturated rings. The predicted molar refractivity (Wildman–Crippen MR) is 55.6 cm³/mol. The van der Waals surface area contributed by atoms with Crippen molar-refractivity contribution in [1.29, 1.82) is 15.8 Å². The van der Waals surface area contributed by atoms with Crippen LogP contribution < -0.4 is 9.47 Å². The topological polar surface area (TPSA) is 89.8 Å². The Kier molecular flexibility index (Phi) is 2.81. The van der Waals surface area contributed by atoms with Crippen molar-refractivity contribution in [3.05, 3.63) is 23.8 Å². The van der Waals surface area contributed by atoms with E-state index < -0.39 is 11.8 Å². The van der Waals surface area contributed by atoms with Crippen molar-refractivity contribution in [2.45, 2.75) is 5.92 Å². The molecular formula is C12H7N3O2. The van der Waals surface area contributed by atoms with Gasteiger partial charge in [-0.15, -0.1) is 0 Å². The number of nitriles is 3. The largest absolute Gasteiger partial charge is 0.454 e. The van der Waals surface area contributed by atoms with Crippen molar-refractivity contribution < 1.29 is 9.47 Å². The summed E-state index contributed by atoms with van der Waals surface area (Å²) >= 11 is 0. The van der Waals surface area contributed by atoms with E-state index in [1.807, 2.05) is 18.2 Å². The molecule has 0 aromatic heterocycles. The summed E-state index contributed by atoms with van der Waals surface area (Å²) in [7, 11) is 0. The zero-order valence-corrected chi connectivity index (χ0v) is 8.75. The first-order chi connectivity index (χ1) is 8.30. The van der Waals surface area contributed by atoms with Gasteiger partial charge < -0.3 is 9.47 Å². The molecule has 5 heteroatoms. The minimum Gasteiger partial charge on any atom is -0.454 e. The van der Waals surface area contributed by atoms with Crippen molar-refractivity contribution in [3.8, 4) is 29.7 Å². The van der Waals surface area contributed by atoms with Gasteiger partial charge in [0.05, 0.1) is 18.2 Å². The van der Waals surface area contributed by atoms with E-state index in [4.69, 9.17) is 25.3 Å². The molecule has 0 aliphatic carbocycles. The third-order valence-electron chi connectivity index (χ3n) is 2.51.